The third kappa shape index (κ3) is 3.18. The van der Waals surface area contributed by atoms with E-state index in [-0.39, 0.29) is 0 Å². The van der Waals surface area contributed by atoms with Crippen LogP contribution in [0.1, 0.15) is 24.8 Å². The van der Waals surface area contributed by atoms with Gasteiger partial charge in [-0.3, -0.25) is 0 Å². The van der Waals surface area contributed by atoms with Crippen LogP contribution in [0, 0.1) is 0 Å². The molecule has 94 valence electrons. The number of phenolic OH excluding ortho intramolecular Hbond substituents is 1. The smallest absolute Gasteiger partial charge is 0.129 e. The number of thioether (sulfide) groups is 1. The van der Waals surface area contributed by atoms with Crippen LogP contribution in [0.2, 0.25) is 0 Å². The van der Waals surface area contributed by atoms with E-state index in [1.807, 2.05) is 23.9 Å². The molecule has 1 aromatic carbocycles. The second-order valence-electron chi connectivity index (χ2n) is 4.63. The molecule has 1 aliphatic carbocycles. The van der Waals surface area contributed by atoms with Crippen LogP contribution in [0.5, 0.6) is 5.75 Å². The van der Waals surface area contributed by atoms with Gasteiger partial charge in [0.05, 0.1) is 4.47 Å². The van der Waals surface area contributed by atoms with E-state index in [9.17, 15) is 5.11 Å². The molecule has 0 saturated heterocycles. The van der Waals surface area contributed by atoms with Crippen molar-refractivity contribution in [1.29, 1.82) is 0 Å². The topological polar surface area (TPSA) is 32.3 Å². The van der Waals surface area contributed by atoms with Crippen molar-refractivity contribution in [1.82, 2.24) is 5.32 Å². The van der Waals surface area contributed by atoms with Crippen molar-refractivity contribution in [2.45, 2.75) is 30.6 Å². The molecule has 4 heteroatoms. The van der Waals surface area contributed by atoms with Crippen LogP contribution in [0.3, 0.4) is 0 Å². The third-order valence-corrected chi connectivity index (χ3v) is 5.54. The van der Waals surface area contributed by atoms with E-state index >= 15 is 0 Å². The van der Waals surface area contributed by atoms with Gasteiger partial charge in [-0.25, -0.2) is 0 Å². The van der Waals surface area contributed by atoms with E-state index in [2.05, 4.69) is 27.5 Å². The van der Waals surface area contributed by atoms with Crippen LogP contribution in [-0.4, -0.2) is 22.7 Å². The zero-order valence-corrected chi connectivity index (χ0v) is 12.4. The van der Waals surface area contributed by atoms with Crippen LogP contribution >= 0.6 is 27.7 Å². The minimum Gasteiger partial charge on any atom is -0.507 e. The summed E-state index contributed by atoms with van der Waals surface area (Å²) in [7, 11) is 0. The molecule has 2 nitrogen and oxygen atoms in total. The van der Waals surface area contributed by atoms with Gasteiger partial charge in [0.2, 0.25) is 0 Å². The summed E-state index contributed by atoms with van der Waals surface area (Å²) in [6, 6.07) is 5.66. The lowest BCUT2D eigenvalue weighted by molar-refractivity contribution is 0.345. The summed E-state index contributed by atoms with van der Waals surface area (Å²) in [4.78, 5) is 0. The van der Waals surface area contributed by atoms with Gasteiger partial charge in [0.15, 0.2) is 0 Å². The number of aromatic hydroxyl groups is 1. The highest BCUT2D eigenvalue weighted by Crippen LogP contribution is 2.42. The zero-order chi connectivity index (χ0) is 12.3. The highest BCUT2D eigenvalue weighted by molar-refractivity contribution is 9.10. The first-order chi connectivity index (χ1) is 8.15. The fourth-order valence-electron chi connectivity index (χ4n) is 2.12. The number of hydrogen-bond acceptors (Lipinski definition) is 3. The Morgan fingerprint density at radius 2 is 2.24 bits per heavy atom. The Labute approximate surface area is 115 Å². The highest BCUT2D eigenvalue weighted by atomic mass is 79.9. The van der Waals surface area contributed by atoms with E-state index in [0.29, 0.717) is 10.5 Å². The number of nitrogens with one attached hydrogen (secondary N) is 1. The van der Waals surface area contributed by atoms with E-state index in [0.717, 1.165) is 17.6 Å². The lowest BCUT2D eigenvalue weighted by Crippen LogP contribution is -2.43. The number of halogens is 1. The molecule has 0 amide bonds. The number of benzene rings is 1. The van der Waals surface area contributed by atoms with Crippen molar-refractivity contribution >= 4 is 27.7 Å². The van der Waals surface area contributed by atoms with E-state index in [1.54, 1.807) is 6.07 Å². The fraction of sp³-hybridized carbons (Fsp3) is 0.538. The molecule has 1 aliphatic rings. The van der Waals surface area contributed by atoms with Gasteiger partial charge < -0.3 is 10.4 Å². The van der Waals surface area contributed by atoms with Crippen molar-refractivity contribution < 1.29 is 5.11 Å². The molecule has 0 heterocycles. The van der Waals surface area contributed by atoms with Crippen LogP contribution in [0.15, 0.2) is 22.7 Å². The van der Waals surface area contributed by atoms with Gasteiger partial charge in [0.25, 0.3) is 0 Å². The first-order valence-corrected chi connectivity index (χ1v) is 7.90. The molecule has 1 fully saturated rings. The Hall–Kier alpha value is -0.190. The Kier molecular flexibility index (Phi) is 4.39. The van der Waals surface area contributed by atoms with Gasteiger partial charge in [-0.1, -0.05) is 12.5 Å². The van der Waals surface area contributed by atoms with Gasteiger partial charge in [-0.05, 0) is 52.7 Å². The monoisotopic (exact) mass is 315 g/mol. The van der Waals surface area contributed by atoms with Crippen molar-refractivity contribution in [2.75, 3.05) is 12.8 Å². The maximum Gasteiger partial charge on any atom is 0.129 e. The quantitative estimate of drug-likeness (QED) is 0.871. The van der Waals surface area contributed by atoms with Crippen LogP contribution in [0.4, 0.5) is 0 Å². The summed E-state index contributed by atoms with van der Waals surface area (Å²) in [5, 5.41) is 12.9. The Morgan fingerprint density at radius 3 is 2.76 bits per heavy atom. The van der Waals surface area contributed by atoms with Gasteiger partial charge in [-0.2, -0.15) is 11.8 Å². The lowest BCUT2D eigenvalue weighted by Gasteiger charge is -2.40. The van der Waals surface area contributed by atoms with Gasteiger partial charge in [0.1, 0.15) is 5.75 Å². The Morgan fingerprint density at radius 1 is 1.47 bits per heavy atom. The molecule has 0 aromatic heterocycles. The number of phenols is 1. The molecule has 2 N–H and O–H groups in total. The predicted molar refractivity (Wildman–Crippen MR) is 77.6 cm³/mol. The molecule has 0 radical (unpaired) electrons. The van der Waals surface area contributed by atoms with Crippen molar-refractivity contribution in [3.8, 4) is 5.75 Å². The predicted octanol–water partition coefficient (Wildman–Crippen LogP) is 3.53. The van der Waals surface area contributed by atoms with E-state index in [4.69, 9.17) is 0 Å². The molecule has 1 aromatic rings. The molecule has 0 unspecified atom stereocenters. The molecule has 0 bridgehead atoms. The van der Waals surface area contributed by atoms with Crippen molar-refractivity contribution in [3.05, 3.63) is 28.2 Å². The van der Waals surface area contributed by atoms with Gasteiger partial charge >= 0.3 is 0 Å². The minimum absolute atomic E-state index is 0.299. The van der Waals surface area contributed by atoms with Gasteiger partial charge in [0, 0.05) is 17.8 Å². The van der Waals surface area contributed by atoms with Crippen molar-refractivity contribution in [2.24, 2.45) is 0 Å². The summed E-state index contributed by atoms with van der Waals surface area (Å²) in [6.45, 7) is 1.94. The first kappa shape index (κ1) is 13.2. The van der Waals surface area contributed by atoms with Crippen LogP contribution in [-0.2, 0) is 6.54 Å². The summed E-state index contributed by atoms with van der Waals surface area (Å²) >= 11 is 5.32. The SMILES string of the molecule is CSC1(CNCc2ccc(O)c(Br)c2)CCC1. The minimum atomic E-state index is 0.299. The molecule has 1 saturated carbocycles. The molecule has 0 aliphatic heterocycles. The maximum absolute atomic E-state index is 9.41. The summed E-state index contributed by atoms with van der Waals surface area (Å²) in [5.74, 6) is 0.299. The lowest BCUT2D eigenvalue weighted by atomic mass is 9.84. The average Bonchev–Trinajstić information content (AvgIpc) is 2.27. The second-order valence-corrected chi connectivity index (χ2v) is 6.76. The molecular weight excluding hydrogens is 298 g/mol. The third-order valence-electron chi connectivity index (χ3n) is 3.49. The van der Waals surface area contributed by atoms with Crippen molar-refractivity contribution in [3.63, 3.8) is 0 Å². The Balaban J connectivity index is 1.83. The van der Waals surface area contributed by atoms with Crippen LogP contribution < -0.4 is 5.32 Å². The highest BCUT2D eigenvalue weighted by Gasteiger charge is 2.35. The zero-order valence-electron chi connectivity index (χ0n) is 10.0. The molecule has 0 atom stereocenters. The molecule has 0 spiro atoms. The normalized spacial score (nSPS) is 17.8. The maximum atomic E-state index is 9.41. The first-order valence-electron chi connectivity index (χ1n) is 5.88. The Bertz CT molecular complexity index is 387. The summed E-state index contributed by atoms with van der Waals surface area (Å²) in [6.07, 6.45) is 6.24. The van der Waals surface area contributed by atoms with E-state index in [1.165, 1.54) is 24.8 Å². The number of hydrogen-bond donors (Lipinski definition) is 2. The molecule has 2 rings (SSSR count). The molecular formula is C13H18BrNOS. The summed E-state index contributed by atoms with van der Waals surface area (Å²) < 4.78 is 1.24. The fourth-order valence-corrected chi connectivity index (χ4v) is 3.49. The number of rotatable bonds is 5. The largest absolute Gasteiger partial charge is 0.507 e. The van der Waals surface area contributed by atoms with E-state index < -0.39 is 0 Å². The second kappa shape index (κ2) is 5.63. The molecule has 17 heavy (non-hydrogen) atoms. The van der Waals surface area contributed by atoms with Gasteiger partial charge in [-0.15, -0.1) is 0 Å². The summed E-state index contributed by atoms with van der Waals surface area (Å²) in [5.41, 5.74) is 1.20. The average molecular weight is 316 g/mol. The van der Waals surface area contributed by atoms with Crippen LogP contribution in [0.25, 0.3) is 0 Å². The standard InChI is InChI=1S/C13H18BrNOS/c1-17-13(5-2-6-13)9-15-8-10-3-4-12(16)11(14)7-10/h3-4,7,15-16H,2,5-6,8-9H2,1H3.